The van der Waals surface area contributed by atoms with Crippen molar-refractivity contribution in [3.8, 4) is 39.5 Å². The molecule has 2 aliphatic rings. The Hall–Kier alpha value is -7.46. The first-order chi connectivity index (χ1) is 42.3. The normalized spacial score (nSPS) is 15.3. The highest BCUT2D eigenvalue weighted by atomic mass is 19.4. The molecule has 4 atom stereocenters. The molecule has 0 spiro atoms. The molecule has 472 valence electrons. The molecule has 16 heteroatoms. The second-order valence-corrected chi connectivity index (χ2v) is 23.0. The van der Waals surface area contributed by atoms with Crippen molar-refractivity contribution in [3.05, 3.63) is 172 Å². The topological polar surface area (TPSA) is 124 Å². The summed E-state index contributed by atoms with van der Waals surface area (Å²) in [4.78, 5) is 50.8. The molecule has 0 bridgehead atoms. The van der Waals surface area contributed by atoms with Gasteiger partial charge in [0.25, 0.3) is 0 Å². The molecule has 2 aliphatic carbocycles. The molecule has 4 unspecified atom stereocenters. The lowest BCUT2D eigenvalue weighted by Gasteiger charge is -2.27. The van der Waals surface area contributed by atoms with Crippen molar-refractivity contribution in [3.63, 3.8) is 0 Å². The Kier molecular flexibility index (Phi) is 26.1. The summed E-state index contributed by atoms with van der Waals surface area (Å²) in [5.41, 5.74) is 9.32. The van der Waals surface area contributed by atoms with Gasteiger partial charge >= 0.3 is 36.2 Å². The first-order valence-electron chi connectivity index (χ1n) is 31.0. The average Bonchev–Trinajstić information content (AvgIpc) is 3.17. The van der Waals surface area contributed by atoms with Crippen LogP contribution in [0.25, 0.3) is 22.3 Å². The molecule has 8 rings (SSSR count). The minimum absolute atomic E-state index is 0.00701. The number of benzene rings is 6. The first kappa shape index (κ1) is 68.0. The van der Waals surface area contributed by atoms with E-state index in [2.05, 4.69) is 19.1 Å². The molecule has 0 radical (unpaired) electrons. The van der Waals surface area contributed by atoms with E-state index in [1.165, 1.54) is 75.3 Å². The number of unbranched alkanes of at least 4 members (excludes halogenated alkanes) is 10. The van der Waals surface area contributed by atoms with E-state index < -0.39 is 54.8 Å². The van der Waals surface area contributed by atoms with E-state index in [4.69, 9.17) is 28.4 Å². The molecule has 6 aromatic carbocycles. The number of methoxy groups -OCH3 is 1. The van der Waals surface area contributed by atoms with E-state index in [0.29, 0.717) is 62.0 Å². The van der Waals surface area contributed by atoms with Gasteiger partial charge in [0, 0.05) is 13.5 Å². The van der Waals surface area contributed by atoms with E-state index in [-0.39, 0.29) is 30.5 Å². The van der Waals surface area contributed by atoms with Crippen molar-refractivity contribution in [2.75, 3.05) is 20.3 Å². The van der Waals surface area contributed by atoms with Gasteiger partial charge in [-0.2, -0.15) is 26.3 Å². The molecule has 0 fully saturated rings. The number of hydrogen-bond donors (Lipinski definition) is 0. The second kappa shape index (κ2) is 33.8. The summed E-state index contributed by atoms with van der Waals surface area (Å²) in [6.07, 6.45) is 1.96. The Balaban J connectivity index is 0.000000255. The Morgan fingerprint density at radius 1 is 0.455 bits per heavy atom. The Bertz CT molecular complexity index is 3160. The fraction of sp³-hybridized carbons (Fsp3) is 0.444. The molecular formula is C72H82F6O10. The lowest BCUT2D eigenvalue weighted by atomic mass is 9.84. The number of esters is 4. The predicted molar refractivity (Wildman–Crippen MR) is 328 cm³/mol. The maximum Gasteiger partial charge on any atom is 0.425 e. The van der Waals surface area contributed by atoms with E-state index in [9.17, 15) is 45.5 Å². The SMILES string of the molecule is CCCCCCC(OC(=O)C1CCc2cc(OC(=O)c3ccc(-c4ccc(C)cc4)cc3)ccc2C1)C(F)(F)F.CCCCCCCCCCOc1ccc2c(c1)CCC(C(=O)Oc1ccc(-c3ccc(C(=O)OC(CCOC)C(F)(F)F)cc3)cc1)C2. The van der Waals surface area contributed by atoms with Gasteiger partial charge in [0.2, 0.25) is 0 Å². The first-order valence-corrected chi connectivity index (χ1v) is 31.0. The van der Waals surface area contributed by atoms with Gasteiger partial charge < -0.3 is 28.4 Å². The number of alkyl halides is 6. The van der Waals surface area contributed by atoms with E-state index in [1.54, 1.807) is 66.7 Å². The smallest absolute Gasteiger partial charge is 0.425 e. The summed E-state index contributed by atoms with van der Waals surface area (Å²) < 4.78 is 112. The molecule has 0 saturated carbocycles. The van der Waals surface area contributed by atoms with Crippen LogP contribution in [0.4, 0.5) is 26.3 Å². The monoisotopic (exact) mass is 1220 g/mol. The molecule has 0 N–H and O–H groups in total. The number of carbonyl (C=O) groups excluding carboxylic acids is 4. The number of carbonyl (C=O) groups is 4. The van der Waals surface area contributed by atoms with Gasteiger partial charge in [-0.1, -0.05) is 156 Å². The van der Waals surface area contributed by atoms with Crippen molar-refractivity contribution >= 4 is 23.9 Å². The van der Waals surface area contributed by atoms with Gasteiger partial charge in [0.1, 0.15) is 17.2 Å². The van der Waals surface area contributed by atoms with E-state index >= 15 is 0 Å². The van der Waals surface area contributed by atoms with Crippen molar-refractivity contribution in [1.82, 2.24) is 0 Å². The maximum atomic E-state index is 13.5. The molecule has 0 aromatic heterocycles. The Labute approximate surface area is 513 Å². The van der Waals surface area contributed by atoms with Gasteiger partial charge in [0.15, 0.2) is 12.2 Å². The van der Waals surface area contributed by atoms with Crippen LogP contribution in [0, 0.1) is 18.8 Å². The van der Waals surface area contributed by atoms with Crippen molar-refractivity contribution in [2.24, 2.45) is 11.8 Å². The molecule has 0 aliphatic heterocycles. The summed E-state index contributed by atoms with van der Waals surface area (Å²) in [5, 5.41) is 0. The van der Waals surface area contributed by atoms with Crippen LogP contribution in [0.2, 0.25) is 0 Å². The van der Waals surface area contributed by atoms with Gasteiger partial charge in [0.05, 0.1) is 36.2 Å². The lowest BCUT2D eigenvalue weighted by molar-refractivity contribution is -0.225. The molecule has 10 nitrogen and oxygen atoms in total. The Morgan fingerprint density at radius 3 is 1.43 bits per heavy atom. The predicted octanol–water partition coefficient (Wildman–Crippen LogP) is 18.1. The zero-order valence-corrected chi connectivity index (χ0v) is 50.9. The van der Waals surface area contributed by atoms with Gasteiger partial charge in [-0.05, 0) is 170 Å². The van der Waals surface area contributed by atoms with Crippen molar-refractivity contribution < 1.29 is 73.9 Å². The van der Waals surface area contributed by atoms with Crippen LogP contribution in [0.5, 0.6) is 17.2 Å². The number of halogens is 6. The highest BCUT2D eigenvalue weighted by molar-refractivity contribution is 5.92. The summed E-state index contributed by atoms with van der Waals surface area (Å²) in [6, 6.07) is 39.7. The van der Waals surface area contributed by atoms with Crippen LogP contribution in [0.1, 0.15) is 165 Å². The molecule has 0 saturated heterocycles. The lowest BCUT2D eigenvalue weighted by Crippen LogP contribution is -2.37. The Morgan fingerprint density at radius 2 is 0.898 bits per heavy atom. The third kappa shape index (κ3) is 21.1. The number of fused-ring (bicyclic) bond motifs is 2. The minimum Gasteiger partial charge on any atom is -0.494 e. The van der Waals surface area contributed by atoms with Crippen LogP contribution in [0.15, 0.2) is 133 Å². The maximum absolute atomic E-state index is 13.5. The molecule has 0 heterocycles. The third-order valence-electron chi connectivity index (χ3n) is 16.1. The largest absolute Gasteiger partial charge is 0.494 e. The van der Waals surface area contributed by atoms with Gasteiger partial charge in [-0.25, -0.2) is 9.59 Å². The van der Waals surface area contributed by atoms with Crippen LogP contribution in [0.3, 0.4) is 0 Å². The zero-order valence-electron chi connectivity index (χ0n) is 50.9. The van der Waals surface area contributed by atoms with Crippen LogP contribution < -0.4 is 14.2 Å². The molecule has 88 heavy (non-hydrogen) atoms. The number of aryl methyl sites for hydroxylation is 3. The summed E-state index contributed by atoms with van der Waals surface area (Å²) >= 11 is 0. The second-order valence-electron chi connectivity index (χ2n) is 23.0. The van der Waals surface area contributed by atoms with Crippen LogP contribution in [-0.4, -0.2) is 68.8 Å². The van der Waals surface area contributed by atoms with Gasteiger partial charge in [-0.15, -0.1) is 0 Å². The zero-order chi connectivity index (χ0) is 63.1. The van der Waals surface area contributed by atoms with Crippen LogP contribution >= 0.6 is 0 Å². The average molecular weight is 1220 g/mol. The standard InChI is InChI=1S/C39H47F3O6.C33H35F3O4/c1-3-4-5-6-7-8-9-10-24-46-35-22-19-31-26-33(16-15-32(31)27-35)38(44)47-34-20-17-29(18-21-34)28-11-13-30(14-12-28)37(43)48-36(23-25-45-2)39(40,41)42;1-3-4-5-6-7-30(33(34,35)36)40-32(38)28-17-16-27-21-29(19-18-26(27)20-28)39-31(37)25-14-12-24(13-15-25)23-10-8-22(2)9-11-23/h11-14,17-22,27,33,36H,3-10,15-16,23-26H2,1-2H3;8-15,18-19,21,28,30H,3-7,16-17,20H2,1-2H3. The highest BCUT2D eigenvalue weighted by Crippen LogP contribution is 2.35. The number of ether oxygens (including phenoxy) is 6. The van der Waals surface area contributed by atoms with E-state index in [0.717, 1.165) is 77.0 Å². The molecular weight excluding hydrogens is 1140 g/mol. The number of rotatable bonds is 28. The molecule has 6 aromatic rings. The third-order valence-corrected chi connectivity index (χ3v) is 16.1. The minimum atomic E-state index is -4.69. The van der Waals surface area contributed by atoms with Crippen molar-refractivity contribution in [1.29, 1.82) is 0 Å². The van der Waals surface area contributed by atoms with E-state index in [1.807, 2.05) is 56.3 Å². The summed E-state index contributed by atoms with van der Waals surface area (Å²) in [6.45, 7) is 6.79. The van der Waals surface area contributed by atoms with Crippen molar-refractivity contribution in [2.45, 2.75) is 174 Å². The van der Waals surface area contributed by atoms with Crippen LogP contribution in [-0.2, 0) is 49.5 Å². The number of hydrogen-bond acceptors (Lipinski definition) is 10. The summed E-state index contributed by atoms with van der Waals surface area (Å²) in [7, 11) is 1.28. The highest BCUT2D eigenvalue weighted by Gasteiger charge is 2.44. The fourth-order valence-electron chi connectivity index (χ4n) is 10.9. The quantitative estimate of drug-likeness (QED) is 0.0203. The van der Waals surface area contributed by atoms with Gasteiger partial charge in [-0.3, -0.25) is 9.59 Å². The molecule has 0 amide bonds. The fourth-order valence-corrected chi connectivity index (χ4v) is 10.9. The summed E-state index contributed by atoms with van der Waals surface area (Å²) in [5.74, 6) is -1.78.